The van der Waals surface area contributed by atoms with Gasteiger partial charge < -0.3 is 16.2 Å². The number of nitrogens with one attached hydrogen (secondary N) is 1. The van der Waals surface area contributed by atoms with Crippen LogP contribution >= 0.6 is 0 Å². The molecule has 0 bridgehead atoms. The predicted molar refractivity (Wildman–Crippen MR) is 84.2 cm³/mol. The molecule has 0 radical (unpaired) electrons. The first-order valence-electron chi connectivity index (χ1n) is 7.86. The summed E-state index contributed by atoms with van der Waals surface area (Å²) in [5.74, 6) is -0.688. The van der Waals surface area contributed by atoms with E-state index in [2.05, 4.69) is 5.32 Å². The Hall–Kier alpha value is -1.88. The van der Waals surface area contributed by atoms with Crippen LogP contribution in [0.4, 0.5) is 0 Å². The normalized spacial score (nSPS) is 22.8. The molecule has 4 N–H and O–H groups in total. The van der Waals surface area contributed by atoms with Crippen LogP contribution in [0.3, 0.4) is 0 Å². The van der Waals surface area contributed by atoms with Crippen LogP contribution in [0.2, 0.25) is 0 Å². The fourth-order valence-electron chi connectivity index (χ4n) is 2.95. The Kier molecular flexibility index (Phi) is 5.95. The molecule has 5 heteroatoms. The molecule has 0 aliphatic heterocycles. The van der Waals surface area contributed by atoms with Crippen LogP contribution in [0.5, 0.6) is 0 Å². The van der Waals surface area contributed by atoms with Gasteiger partial charge in [-0.1, -0.05) is 30.3 Å². The van der Waals surface area contributed by atoms with Gasteiger partial charge in [0.15, 0.2) is 0 Å². The minimum atomic E-state index is -0.702. The van der Waals surface area contributed by atoms with E-state index < -0.39 is 12.0 Å². The average molecular weight is 304 g/mol. The molecule has 1 aromatic carbocycles. The summed E-state index contributed by atoms with van der Waals surface area (Å²) in [6.45, 7) is 0.591. The van der Waals surface area contributed by atoms with Crippen LogP contribution in [-0.2, 0) is 16.0 Å². The third-order valence-corrected chi connectivity index (χ3v) is 4.40. The van der Waals surface area contributed by atoms with Crippen molar-refractivity contribution in [2.24, 2.45) is 17.6 Å². The summed E-state index contributed by atoms with van der Waals surface area (Å²) in [6, 6.07) is 9.17. The number of rotatable bonds is 6. The summed E-state index contributed by atoms with van der Waals surface area (Å²) in [5, 5.41) is 11.9. The van der Waals surface area contributed by atoms with Crippen LogP contribution in [0.15, 0.2) is 30.3 Å². The van der Waals surface area contributed by atoms with Gasteiger partial charge in [0.1, 0.15) is 0 Å². The molecule has 1 amide bonds. The number of carbonyl (C=O) groups excluding carboxylic acids is 1. The lowest BCUT2D eigenvalue weighted by Gasteiger charge is -2.26. The number of carboxylic acid groups (broad SMARTS) is 1. The highest BCUT2D eigenvalue weighted by molar-refractivity contribution is 5.81. The van der Waals surface area contributed by atoms with Gasteiger partial charge in [0, 0.05) is 6.54 Å². The summed E-state index contributed by atoms with van der Waals surface area (Å²) >= 11 is 0. The summed E-state index contributed by atoms with van der Waals surface area (Å²) < 4.78 is 0. The molecule has 22 heavy (non-hydrogen) atoms. The van der Waals surface area contributed by atoms with Crippen molar-refractivity contribution in [1.82, 2.24) is 5.32 Å². The number of carboxylic acids is 1. The molecule has 0 spiro atoms. The average Bonchev–Trinajstić information content (AvgIpc) is 2.53. The fourth-order valence-corrected chi connectivity index (χ4v) is 2.95. The molecule has 120 valence electrons. The number of aliphatic carboxylic acids is 1. The molecule has 2 rings (SSSR count). The Morgan fingerprint density at radius 2 is 1.82 bits per heavy atom. The number of benzene rings is 1. The standard InChI is InChI=1S/C17H24N2O3/c18-15(10-12-4-2-1-3-5-12)16(20)19-11-13-6-8-14(9-7-13)17(21)22/h1-5,13-15H,6-11,18H2,(H,19,20)(H,21,22)/t13-,14-,15-/m0/s1. The van der Waals surface area contributed by atoms with E-state index in [1.807, 2.05) is 30.3 Å². The Bertz CT molecular complexity index is 496. The number of hydrogen-bond donors (Lipinski definition) is 3. The fraction of sp³-hybridized carbons (Fsp3) is 0.529. The highest BCUT2D eigenvalue weighted by Crippen LogP contribution is 2.28. The maximum atomic E-state index is 12.0. The van der Waals surface area contributed by atoms with Crippen LogP contribution in [-0.4, -0.2) is 29.6 Å². The largest absolute Gasteiger partial charge is 0.481 e. The molecule has 1 saturated carbocycles. The third-order valence-electron chi connectivity index (χ3n) is 4.40. The van der Waals surface area contributed by atoms with E-state index in [1.54, 1.807) is 0 Å². The summed E-state index contributed by atoms with van der Waals surface area (Å²) in [5.41, 5.74) is 6.99. The molecule has 1 aromatic rings. The molecule has 0 aromatic heterocycles. The van der Waals surface area contributed by atoms with Crippen molar-refractivity contribution in [2.45, 2.75) is 38.1 Å². The number of nitrogens with two attached hydrogens (primary N) is 1. The summed E-state index contributed by atoms with van der Waals surface area (Å²) in [7, 11) is 0. The third kappa shape index (κ3) is 4.84. The van der Waals surface area contributed by atoms with Gasteiger partial charge in [-0.2, -0.15) is 0 Å². The van der Waals surface area contributed by atoms with Gasteiger partial charge in [-0.25, -0.2) is 0 Å². The first-order valence-corrected chi connectivity index (χ1v) is 7.86. The van der Waals surface area contributed by atoms with Gasteiger partial charge in [0.05, 0.1) is 12.0 Å². The number of hydrogen-bond acceptors (Lipinski definition) is 3. The van der Waals surface area contributed by atoms with E-state index in [1.165, 1.54) is 0 Å². The predicted octanol–water partition coefficient (Wildman–Crippen LogP) is 1.56. The van der Waals surface area contributed by atoms with Gasteiger partial charge in [0.25, 0.3) is 0 Å². The van der Waals surface area contributed by atoms with Gasteiger partial charge >= 0.3 is 5.97 Å². The van der Waals surface area contributed by atoms with Gasteiger partial charge in [-0.15, -0.1) is 0 Å². The van der Waals surface area contributed by atoms with E-state index in [0.29, 0.717) is 31.7 Å². The zero-order valence-electron chi connectivity index (χ0n) is 12.7. The van der Waals surface area contributed by atoms with Crippen LogP contribution < -0.4 is 11.1 Å². The Labute approximate surface area is 130 Å². The number of carbonyl (C=O) groups is 2. The molecule has 1 aliphatic rings. The van der Waals surface area contributed by atoms with Gasteiger partial charge in [-0.3, -0.25) is 9.59 Å². The summed E-state index contributed by atoms with van der Waals surface area (Å²) in [4.78, 5) is 22.9. The Balaban J connectivity index is 1.70. The van der Waals surface area contributed by atoms with Crippen molar-refractivity contribution in [3.63, 3.8) is 0 Å². The smallest absolute Gasteiger partial charge is 0.306 e. The second-order valence-corrected chi connectivity index (χ2v) is 6.10. The second-order valence-electron chi connectivity index (χ2n) is 6.10. The zero-order chi connectivity index (χ0) is 15.9. The Morgan fingerprint density at radius 3 is 2.41 bits per heavy atom. The lowest BCUT2D eigenvalue weighted by molar-refractivity contribution is -0.143. The van der Waals surface area contributed by atoms with E-state index in [4.69, 9.17) is 10.8 Å². The number of amides is 1. The highest BCUT2D eigenvalue weighted by Gasteiger charge is 2.26. The zero-order valence-corrected chi connectivity index (χ0v) is 12.7. The lowest BCUT2D eigenvalue weighted by Crippen LogP contribution is -2.44. The molecule has 5 nitrogen and oxygen atoms in total. The first-order chi connectivity index (χ1) is 10.6. The van der Waals surface area contributed by atoms with E-state index >= 15 is 0 Å². The van der Waals surface area contributed by atoms with E-state index in [-0.39, 0.29) is 11.8 Å². The van der Waals surface area contributed by atoms with Crippen molar-refractivity contribution < 1.29 is 14.7 Å². The van der Waals surface area contributed by atoms with Gasteiger partial charge in [0.2, 0.25) is 5.91 Å². The Morgan fingerprint density at radius 1 is 1.18 bits per heavy atom. The van der Waals surface area contributed by atoms with Crippen LogP contribution in [0.25, 0.3) is 0 Å². The molecule has 0 saturated heterocycles. The molecule has 1 aliphatic carbocycles. The van der Waals surface area contributed by atoms with Crippen molar-refractivity contribution in [2.75, 3.05) is 6.54 Å². The van der Waals surface area contributed by atoms with Crippen molar-refractivity contribution in [3.05, 3.63) is 35.9 Å². The lowest BCUT2D eigenvalue weighted by atomic mass is 9.82. The molecule has 0 heterocycles. The molecular formula is C17H24N2O3. The summed E-state index contributed by atoms with van der Waals surface area (Å²) in [6.07, 6.45) is 3.63. The van der Waals surface area contributed by atoms with Crippen LogP contribution in [0, 0.1) is 11.8 Å². The molecular weight excluding hydrogens is 280 g/mol. The van der Waals surface area contributed by atoms with Crippen molar-refractivity contribution >= 4 is 11.9 Å². The highest BCUT2D eigenvalue weighted by atomic mass is 16.4. The quantitative estimate of drug-likeness (QED) is 0.743. The SMILES string of the molecule is N[C@@H](Cc1ccccc1)C(=O)NC[C@H]1CC[C@H](C(=O)O)CC1. The van der Waals surface area contributed by atoms with Gasteiger partial charge in [-0.05, 0) is 43.6 Å². The molecule has 1 atom stereocenters. The molecule has 0 unspecified atom stereocenters. The molecule has 1 fully saturated rings. The van der Waals surface area contributed by atoms with Crippen LogP contribution in [0.1, 0.15) is 31.2 Å². The topological polar surface area (TPSA) is 92.4 Å². The minimum Gasteiger partial charge on any atom is -0.481 e. The van der Waals surface area contributed by atoms with E-state index in [0.717, 1.165) is 18.4 Å². The van der Waals surface area contributed by atoms with Crippen molar-refractivity contribution in [1.29, 1.82) is 0 Å². The maximum absolute atomic E-state index is 12.0. The minimum absolute atomic E-state index is 0.135. The van der Waals surface area contributed by atoms with E-state index in [9.17, 15) is 9.59 Å². The first kappa shape index (κ1) is 16.5. The maximum Gasteiger partial charge on any atom is 0.306 e. The second kappa shape index (κ2) is 7.94. The van der Waals surface area contributed by atoms with Crippen molar-refractivity contribution in [3.8, 4) is 0 Å². The monoisotopic (exact) mass is 304 g/mol.